The molecule has 0 bridgehead atoms. The Labute approximate surface area is 137 Å². The molecule has 0 radical (unpaired) electrons. The number of benzene rings is 3. The van der Waals surface area contributed by atoms with Crippen LogP contribution in [0.2, 0.25) is 0 Å². The first-order valence-electron chi connectivity index (χ1n) is 7.74. The number of para-hydroxylation sites is 2. The van der Waals surface area contributed by atoms with Crippen LogP contribution in [-0.2, 0) is 17.3 Å². The predicted octanol–water partition coefficient (Wildman–Crippen LogP) is 4.60. The number of fused-ring (bicyclic) bond motifs is 3. The fourth-order valence-corrected chi connectivity index (χ4v) is 4.15. The highest BCUT2D eigenvalue weighted by molar-refractivity contribution is 7.85. The van der Waals surface area contributed by atoms with E-state index < -0.39 is 10.8 Å². The molecule has 1 aromatic heterocycles. The van der Waals surface area contributed by atoms with E-state index in [1.807, 2.05) is 30.3 Å². The first kappa shape index (κ1) is 14.2. The lowest BCUT2D eigenvalue weighted by atomic mass is 10.2. The third-order valence-electron chi connectivity index (χ3n) is 4.19. The van der Waals surface area contributed by atoms with E-state index >= 15 is 0 Å². The molecule has 1 unspecified atom stereocenters. The van der Waals surface area contributed by atoms with E-state index in [1.165, 1.54) is 21.8 Å². The summed E-state index contributed by atoms with van der Waals surface area (Å²) >= 11 is 0. The normalized spacial score (nSPS) is 12.7. The average Bonchev–Trinajstić information content (AvgIpc) is 2.94. The summed E-state index contributed by atoms with van der Waals surface area (Å²) in [4.78, 5) is 0.897. The second kappa shape index (κ2) is 6.01. The fourth-order valence-electron chi connectivity index (χ4n) is 3.11. The molecule has 0 aliphatic carbocycles. The van der Waals surface area contributed by atoms with Crippen molar-refractivity contribution in [1.82, 2.24) is 4.57 Å². The van der Waals surface area contributed by atoms with Gasteiger partial charge >= 0.3 is 0 Å². The van der Waals surface area contributed by atoms with Gasteiger partial charge in [-0.15, -0.1) is 0 Å². The van der Waals surface area contributed by atoms with Gasteiger partial charge < -0.3 is 4.57 Å². The Morgan fingerprint density at radius 3 is 1.83 bits per heavy atom. The summed E-state index contributed by atoms with van der Waals surface area (Å²) in [6, 6.07) is 26.5. The van der Waals surface area contributed by atoms with Crippen LogP contribution >= 0.6 is 0 Å². The third-order valence-corrected chi connectivity index (χ3v) is 5.54. The Kier molecular flexibility index (Phi) is 3.72. The minimum Gasteiger partial charge on any atom is -0.340 e. The van der Waals surface area contributed by atoms with E-state index in [-0.39, 0.29) is 0 Å². The van der Waals surface area contributed by atoms with Crippen LogP contribution in [0.4, 0.5) is 0 Å². The maximum Gasteiger partial charge on any atom is 0.0547 e. The molecular weight excluding hydrogens is 302 g/mol. The zero-order valence-corrected chi connectivity index (χ0v) is 13.5. The van der Waals surface area contributed by atoms with Crippen molar-refractivity contribution in [2.24, 2.45) is 0 Å². The molecule has 0 saturated carbocycles. The van der Waals surface area contributed by atoms with Crippen molar-refractivity contribution in [3.63, 3.8) is 0 Å². The maximum absolute atomic E-state index is 12.5. The SMILES string of the molecule is O=S(CCn1c2ccccc2c2ccccc21)c1ccccc1. The molecule has 0 fully saturated rings. The summed E-state index contributed by atoms with van der Waals surface area (Å²) in [5, 5.41) is 2.52. The molecule has 114 valence electrons. The second-order valence-corrected chi connectivity index (χ2v) is 7.12. The monoisotopic (exact) mass is 319 g/mol. The van der Waals surface area contributed by atoms with Crippen molar-refractivity contribution in [2.45, 2.75) is 11.4 Å². The summed E-state index contributed by atoms with van der Waals surface area (Å²) in [6.45, 7) is 0.746. The van der Waals surface area contributed by atoms with Crippen LogP contribution < -0.4 is 0 Å². The number of rotatable bonds is 4. The lowest BCUT2D eigenvalue weighted by Crippen LogP contribution is -2.07. The Balaban J connectivity index is 1.72. The van der Waals surface area contributed by atoms with Crippen molar-refractivity contribution < 1.29 is 4.21 Å². The summed E-state index contributed by atoms with van der Waals surface area (Å²) < 4.78 is 14.8. The van der Waals surface area contributed by atoms with E-state index in [0.29, 0.717) is 5.75 Å². The minimum atomic E-state index is -0.975. The summed E-state index contributed by atoms with van der Waals surface area (Å²) in [5.41, 5.74) is 2.41. The van der Waals surface area contributed by atoms with Crippen molar-refractivity contribution in [3.8, 4) is 0 Å². The molecular formula is C20H17NOS. The largest absolute Gasteiger partial charge is 0.340 e. The van der Waals surface area contributed by atoms with Gasteiger partial charge in [-0.2, -0.15) is 0 Å². The Hall–Kier alpha value is -2.39. The molecule has 0 amide bonds. The molecule has 4 rings (SSSR count). The van der Waals surface area contributed by atoms with Crippen LogP contribution in [0.3, 0.4) is 0 Å². The molecule has 1 atom stereocenters. The maximum atomic E-state index is 12.5. The van der Waals surface area contributed by atoms with Crippen LogP contribution in [0.1, 0.15) is 0 Å². The topological polar surface area (TPSA) is 22.0 Å². The van der Waals surface area contributed by atoms with Crippen LogP contribution in [-0.4, -0.2) is 14.5 Å². The van der Waals surface area contributed by atoms with Gasteiger partial charge in [0.25, 0.3) is 0 Å². The number of aryl methyl sites for hydroxylation is 1. The molecule has 0 spiro atoms. The highest BCUT2D eigenvalue weighted by atomic mass is 32.2. The number of nitrogens with zero attached hydrogens (tertiary/aromatic N) is 1. The van der Waals surface area contributed by atoms with Gasteiger partial charge in [-0.25, -0.2) is 0 Å². The summed E-state index contributed by atoms with van der Waals surface area (Å²) in [7, 11) is -0.975. The lowest BCUT2D eigenvalue weighted by Gasteiger charge is -2.07. The number of hydrogen-bond acceptors (Lipinski definition) is 1. The van der Waals surface area contributed by atoms with E-state index in [4.69, 9.17) is 0 Å². The Morgan fingerprint density at radius 2 is 1.22 bits per heavy atom. The van der Waals surface area contributed by atoms with E-state index in [9.17, 15) is 4.21 Å². The molecule has 0 aliphatic rings. The molecule has 0 saturated heterocycles. The standard InChI is InChI=1S/C20H17NOS/c22-23(16-8-2-1-3-9-16)15-14-21-19-12-6-4-10-17(19)18-11-5-7-13-20(18)21/h1-13H,14-15H2. The zero-order valence-electron chi connectivity index (χ0n) is 12.7. The van der Waals surface area contributed by atoms with E-state index in [2.05, 4.69) is 53.1 Å². The first-order chi connectivity index (χ1) is 11.3. The molecule has 3 heteroatoms. The summed E-state index contributed by atoms with van der Waals surface area (Å²) in [6.07, 6.45) is 0. The van der Waals surface area contributed by atoms with Gasteiger partial charge in [0.2, 0.25) is 0 Å². The van der Waals surface area contributed by atoms with Gasteiger partial charge in [-0.3, -0.25) is 4.21 Å². The number of hydrogen-bond donors (Lipinski definition) is 0. The van der Waals surface area contributed by atoms with Gasteiger partial charge in [-0.1, -0.05) is 54.6 Å². The molecule has 0 aliphatic heterocycles. The Morgan fingerprint density at radius 1 is 0.696 bits per heavy atom. The number of aromatic nitrogens is 1. The van der Waals surface area contributed by atoms with Crippen LogP contribution in [0.25, 0.3) is 21.8 Å². The summed E-state index contributed by atoms with van der Waals surface area (Å²) in [5.74, 6) is 0.618. The van der Waals surface area contributed by atoms with Crippen molar-refractivity contribution >= 4 is 32.6 Å². The molecule has 0 N–H and O–H groups in total. The first-order valence-corrected chi connectivity index (χ1v) is 9.06. The zero-order chi connectivity index (χ0) is 15.6. The van der Waals surface area contributed by atoms with Gasteiger partial charge in [0, 0.05) is 39.0 Å². The van der Waals surface area contributed by atoms with Gasteiger partial charge in [0.15, 0.2) is 0 Å². The van der Waals surface area contributed by atoms with Crippen LogP contribution in [0.5, 0.6) is 0 Å². The predicted molar refractivity (Wildman–Crippen MR) is 97.2 cm³/mol. The quantitative estimate of drug-likeness (QED) is 0.539. The van der Waals surface area contributed by atoms with E-state index in [1.54, 1.807) is 0 Å². The Bertz CT molecular complexity index is 935. The highest BCUT2D eigenvalue weighted by Crippen LogP contribution is 2.28. The smallest absolute Gasteiger partial charge is 0.0547 e. The van der Waals surface area contributed by atoms with Crippen molar-refractivity contribution in [1.29, 1.82) is 0 Å². The van der Waals surface area contributed by atoms with E-state index in [0.717, 1.165) is 11.4 Å². The van der Waals surface area contributed by atoms with Gasteiger partial charge in [0.1, 0.15) is 0 Å². The lowest BCUT2D eigenvalue weighted by molar-refractivity contribution is 0.677. The molecule has 2 nitrogen and oxygen atoms in total. The third kappa shape index (κ3) is 2.57. The highest BCUT2D eigenvalue weighted by Gasteiger charge is 2.11. The van der Waals surface area contributed by atoms with Crippen molar-refractivity contribution in [3.05, 3.63) is 78.9 Å². The molecule has 4 aromatic rings. The van der Waals surface area contributed by atoms with Crippen LogP contribution in [0.15, 0.2) is 83.8 Å². The molecule has 3 aromatic carbocycles. The average molecular weight is 319 g/mol. The second-order valence-electron chi connectivity index (χ2n) is 5.55. The molecule has 1 heterocycles. The van der Waals surface area contributed by atoms with Gasteiger partial charge in [0.05, 0.1) is 10.8 Å². The fraction of sp³-hybridized carbons (Fsp3) is 0.100. The molecule has 23 heavy (non-hydrogen) atoms. The van der Waals surface area contributed by atoms with Crippen molar-refractivity contribution in [2.75, 3.05) is 5.75 Å². The van der Waals surface area contributed by atoms with Gasteiger partial charge in [-0.05, 0) is 24.3 Å². The van der Waals surface area contributed by atoms with Crippen LogP contribution in [0, 0.1) is 0 Å². The minimum absolute atomic E-state index is 0.618.